The Kier molecular flexibility index (Phi) is 5.90. The van der Waals surface area contributed by atoms with Gasteiger partial charge in [0.1, 0.15) is 11.9 Å². The van der Waals surface area contributed by atoms with Gasteiger partial charge in [-0.25, -0.2) is 17.9 Å². The Morgan fingerprint density at radius 1 is 1.23 bits per heavy atom. The molecule has 3 aromatic rings. The van der Waals surface area contributed by atoms with Crippen LogP contribution in [0.5, 0.6) is 0 Å². The molecule has 0 saturated carbocycles. The van der Waals surface area contributed by atoms with Gasteiger partial charge in [-0.3, -0.25) is 0 Å². The maximum absolute atomic E-state index is 14.9. The molecule has 3 rings (SSSR count). The number of nitriles is 1. The van der Waals surface area contributed by atoms with Crippen molar-refractivity contribution in [3.8, 4) is 6.07 Å². The molecule has 11 heteroatoms. The van der Waals surface area contributed by atoms with Crippen LogP contribution in [0.25, 0.3) is 0 Å². The van der Waals surface area contributed by atoms with E-state index in [4.69, 9.17) is 16.7 Å². The number of sulfonamides is 1. The fourth-order valence-electron chi connectivity index (χ4n) is 3.68. The number of halogens is 2. The molecule has 30 heavy (non-hydrogen) atoms. The molecule has 0 spiro atoms. The van der Waals surface area contributed by atoms with Crippen molar-refractivity contribution in [1.82, 2.24) is 20.6 Å². The van der Waals surface area contributed by atoms with E-state index in [2.05, 4.69) is 20.6 Å². The Balaban J connectivity index is 2.41. The highest BCUT2D eigenvalue weighted by atomic mass is 35.5. The molecule has 156 valence electrons. The first-order chi connectivity index (χ1) is 14.1. The zero-order chi connectivity index (χ0) is 22.2. The van der Waals surface area contributed by atoms with Crippen molar-refractivity contribution in [1.29, 1.82) is 5.26 Å². The molecule has 0 saturated heterocycles. The molecule has 1 heterocycles. The number of hydrogen-bond acceptors (Lipinski definition) is 6. The monoisotopic (exact) mass is 448 g/mol. The van der Waals surface area contributed by atoms with Crippen LogP contribution in [-0.4, -0.2) is 29.0 Å². The number of primary sulfonamides is 1. The fourth-order valence-corrected chi connectivity index (χ4v) is 4.68. The number of hydrogen-bond donors (Lipinski definition) is 2. The Bertz CT molecular complexity index is 1260. The quantitative estimate of drug-likeness (QED) is 0.614. The number of nitrogens with two attached hydrogens (primary N) is 1. The van der Waals surface area contributed by atoms with Crippen LogP contribution in [0.4, 0.5) is 4.39 Å². The van der Waals surface area contributed by atoms with Crippen LogP contribution in [0.15, 0.2) is 29.2 Å². The maximum atomic E-state index is 14.9. The van der Waals surface area contributed by atoms with E-state index in [9.17, 15) is 18.1 Å². The summed E-state index contributed by atoms with van der Waals surface area (Å²) in [6.07, 6.45) is 0. The van der Waals surface area contributed by atoms with Crippen molar-refractivity contribution in [2.24, 2.45) is 5.14 Å². The van der Waals surface area contributed by atoms with Crippen molar-refractivity contribution in [2.45, 2.75) is 37.5 Å². The summed E-state index contributed by atoms with van der Waals surface area (Å²) in [6, 6.07) is 7.42. The van der Waals surface area contributed by atoms with E-state index in [1.807, 2.05) is 13.0 Å². The summed E-state index contributed by atoms with van der Waals surface area (Å²) in [6.45, 7) is 5.30. The largest absolute Gasteiger partial charge is 0.238 e. The van der Waals surface area contributed by atoms with Crippen LogP contribution < -0.4 is 5.14 Å². The third-order valence-electron chi connectivity index (χ3n) is 5.21. The van der Waals surface area contributed by atoms with Crippen molar-refractivity contribution < 1.29 is 12.8 Å². The SMILES string of the molecule is Cc1ccc(F)c(C(C)C(c2nn[nH]n2)c2c(S(N)(=O)=O)ccc(Cl)c2C#N)c1C. The van der Waals surface area contributed by atoms with Crippen molar-refractivity contribution >= 4 is 21.6 Å². The van der Waals surface area contributed by atoms with Gasteiger partial charge in [0.25, 0.3) is 0 Å². The summed E-state index contributed by atoms with van der Waals surface area (Å²) in [5.41, 5.74) is 1.78. The highest BCUT2D eigenvalue weighted by Gasteiger charge is 2.36. The Morgan fingerprint density at radius 2 is 1.93 bits per heavy atom. The Labute approximate surface area is 177 Å². The fraction of sp³-hybridized carbons (Fsp3) is 0.263. The lowest BCUT2D eigenvalue weighted by molar-refractivity contribution is 0.545. The number of aromatic amines is 1. The lowest BCUT2D eigenvalue weighted by Gasteiger charge is -2.27. The van der Waals surface area contributed by atoms with E-state index < -0.39 is 27.7 Å². The van der Waals surface area contributed by atoms with Gasteiger partial charge in [-0.05, 0) is 54.7 Å². The Morgan fingerprint density at radius 3 is 2.50 bits per heavy atom. The Hall–Kier alpha value is -2.87. The number of rotatable bonds is 5. The van der Waals surface area contributed by atoms with Crippen molar-refractivity contribution in [3.05, 3.63) is 68.7 Å². The molecule has 2 aromatic carbocycles. The highest BCUT2D eigenvalue weighted by molar-refractivity contribution is 7.89. The van der Waals surface area contributed by atoms with Gasteiger partial charge in [0.05, 0.1) is 21.4 Å². The predicted octanol–water partition coefficient (Wildman–Crippen LogP) is 3.06. The number of aryl methyl sites for hydroxylation is 1. The number of aromatic nitrogens is 4. The van der Waals surface area contributed by atoms with E-state index in [1.165, 1.54) is 18.2 Å². The molecular weight excluding hydrogens is 431 g/mol. The van der Waals surface area contributed by atoms with E-state index in [0.29, 0.717) is 11.1 Å². The van der Waals surface area contributed by atoms with E-state index in [0.717, 1.165) is 5.56 Å². The number of nitrogens with one attached hydrogen (secondary N) is 1. The van der Waals surface area contributed by atoms with E-state index >= 15 is 0 Å². The summed E-state index contributed by atoms with van der Waals surface area (Å²) >= 11 is 6.20. The average Bonchev–Trinajstić information content (AvgIpc) is 3.19. The molecule has 1 aromatic heterocycles. The number of benzene rings is 2. The van der Waals surface area contributed by atoms with Gasteiger partial charge in [-0.15, -0.1) is 10.2 Å². The van der Waals surface area contributed by atoms with Crippen LogP contribution >= 0.6 is 11.6 Å². The standard InChI is InChI=1S/C19H18ClFN6O2S/c1-9-4-6-14(21)16(10(9)2)11(3)17(19-24-26-27-25-19)18-12(8-22)13(20)5-7-15(18)30(23,28)29/h4-7,11,17H,1-3H3,(H2,23,28,29)(H,24,25,26,27). The molecule has 3 N–H and O–H groups in total. The summed E-state index contributed by atoms with van der Waals surface area (Å²) in [5.74, 6) is -2.06. The molecule has 8 nitrogen and oxygen atoms in total. The first-order valence-corrected chi connectivity index (χ1v) is 10.7. The average molecular weight is 449 g/mol. The van der Waals surface area contributed by atoms with E-state index in [1.54, 1.807) is 19.9 Å². The zero-order valence-corrected chi connectivity index (χ0v) is 17.9. The number of H-pyrrole nitrogens is 1. The van der Waals surface area contributed by atoms with Crippen LogP contribution in [0.1, 0.15) is 52.4 Å². The van der Waals surface area contributed by atoms with Gasteiger partial charge in [-0.1, -0.05) is 29.8 Å². The smallest absolute Gasteiger partial charge is 0.225 e. The van der Waals surface area contributed by atoms with E-state index in [-0.39, 0.29) is 26.9 Å². The highest BCUT2D eigenvalue weighted by Crippen LogP contribution is 2.44. The van der Waals surface area contributed by atoms with Gasteiger partial charge >= 0.3 is 0 Å². The van der Waals surface area contributed by atoms with Gasteiger partial charge in [-0.2, -0.15) is 10.5 Å². The van der Waals surface area contributed by atoms with Crippen molar-refractivity contribution in [2.75, 3.05) is 0 Å². The molecule has 0 radical (unpaired) electrons. The summed E-state index contributed by atoms with van der Waals surface area (Å²) in [4.78, 5) is -0.309. The first kappa shape index (κ1) is 21.8. The topological polar surface area (TPSA) is 138 Å². The second kappa shape index (κ2) is 8.10. The van der Waals surface area contributed by atoms with Crippen LogP contribution in [0.2, 0.25) is 5.02 Å². The second-order valence-corrected chi connectivity index (χ2v) is 8.87. The molecule has 0 aliphatic rings. The second-order valence-electron chi connectivity index (χ2n) is 6.93. The van der Waals surface area contributed by atoms with Gasteiger partial charge in [0.2, 0.25) is 10.0 Å². The minimum atomic E-state index is -4.25. The van der Waals surface area contributed by atoms with Crippen LogP contribution in [-0.2, 0) is 10.0 Å². The van der Waals surface area contributed by atoms with Gasteiger partial charge < -0.3 is 0 Å². The third kappa shape index (κ3) is 3.79. The van der Waals surface area contributed by atoms with Gasteiger partial charge in [0.15, 0.2) is 5.82 Å². The molecular formula is C19H18ClFN6O2S. The van der Waals surface area contributed by atoms with Crippen LogP contribution in [0.3, 0.4) is 0 Å². The summed E-state index contributed by atoms with van der Waals surface area (Å²) in [5, 5.41) is 29.0. The van der Waals surface area contributed by atoms with Crippen molar-refractivity contribution in [3.63, 3.8) is 0 Å². The molecule has 2 atom stereocenters. The molecule has 0 aliphatic carbocycles. The van der Waals surface area contributed by atoms with Crippen LogP contribution in [0, 0.1) is 31.0 Å². The number of tetrazole rings is 1. The maximum Gasteiger partial charge on any atom is 0.238 e. The first-order valence-electron chi connectivity index (χ1n) is 8.82. The molecule has 0 aliphatic heterocycles. The number of nitrogens with zero attached hydrogens (tertiary/aromatic N) is 4. The van der Waals surface area contributed by atoms with Gasteiger partial charge in [0, 0.05) is 5.56 Å². The molecule has 0 fully saturated rings. The molecule has 0 amide bonds. The lowest BCUT2D eigenvalue weighted by atomic mass is 9.78. The minimum Gasteiger partial charge on any atom is -0.225 e. The minimum absolute atomic E-state index is 0.00158. The summed E-state index contributed by atoms with van der Waals surface area (Å²) < 4.78 is 39.6. The zero-order valence-electron chi connectivity index (χ0n) is 16.3. The summed E-state index contributed by atoms with van der Waals surface area (Å²) in [7, 11) is -4.25. The normalized spacial score (nSPS) is 13.6. The lowest BCUT2D eigenvalue weighted by Crippen LogP contribution is -2.22. The predicted molar refractivity (Wildman–Crippen MR) is 108 cm³/mol. The molecule has 0 bridgehead atoms. The third-order valence-corrected chi connectivity index (χ3v) is 6.50. The molecule has 2 unspecified atom stereocenters.